The van der Waals surface area contributed by atoms with Crippen molar-refractivity contribution in [2.75, 3.05) is 19.0 Å². The lowest BCUT2D eigenvalue weighted by Gasteiger charge is -2.11. The summed E-state index contributed by atoms with van der Waals surface area (Å²) in [6.07, 6.45) is 1.65. The van der Waals surface area contributed by atoms with Gasteiger partial charge in [-0.3, -0.25) is 0 Å². The van der Waals surface area contributed by atoms with Crippen LogP contribution in [-0.4, -0.2) is 24.2 Å². The average molecular weight is 138 g/mol. The van der Waals surface area contributed by atoms with Crippen LogP contribution in [0, 0.1) is 0 Å². The van der Waals surface area contributed by atoms with Gasteiger partial charge in [0.25, 0.3) is 0 Å². The van der Waals surface area contributed by atoms with Crippen LogP contribution in [0.25, 0.3) is 0 Å². The third-order valence-electron chi connectivity index (χ3n) is 1.19. The van der Waals surface area contributed by atoms with Gasteiger partial charge in [-0.05, 0) is 12.1 Å². The van der Waals surface area contributed by atoms with Crippen LogP contribution in [0.5, 0.6) is 5.75 Å². The monoisotopic (exact) mass is 138 g/mol. The smallest absolute Gasteiger partial charge is 0.170 e. The minimum absolute atomic E-state index is 0.215. The summed E-state index contributed by atoms with van der Waals surface area (Å²) < 4.78 is 0. The molecule has 1 heterocycles. The molecule has 1 N–H and O–H groups in total. The maximum absolute atomic E-state index is 9.18. The van der Waals surface area contributed by atoms with Crippen LogP contribution in [0.15, 0.2) is 18.3 Å². The highest BCUT2D eigenvalue weighted by Crippen LogP contribution is 2.20. The van der Waals surface area contributed by atoms with E-state index in [2.05, 4.69) is 4.98 Å². The summed E-state index contributed by atoms with van der Waals surface area (Å²) in [6, 6.07) is 3.31. The summed E-state index contributed by atoms with van der Waals surface area (Å²) in [7, 11) is 3.67. The normalized spacial score (nSPS) is 9.40. The van der Waals surface area contributed by atoms with Crippen molar-refractivity contribution < 1.29 is 5.11 Å². The van der Waals surface area contributed by atoms with Gasteiger partial charge in [-0.15, -0.1) is 0 Å². The van der Waals surface area contributed by atoms with Crippen LogP contribution >= 0.6 is 0 Å². The fourth-order valence-electron chi connectivity index (χ4n) is 0.733. The van der Waals surface area contributed by atoms with E-state index in [1.54, 1.807) is 23.2 Å². The van der Waals surface area contributed by atoms with Gasteiger partial charge in [0.15, 0.2) is 11.6 Å². The summed E-state index contributed by atoms with van der Waals surface area (Å²) in [5.41, 5.74) is 0. The number of hydrogen-bond donors (Lipinski definition) is 1. The number of aromatic hydroxyl groups is 1. The van der Waals surface area contributed by atoms with Gasteiger partial charge in [0.05, 0.1) is 0 Å². The van der Waals surface area contributed by atoms with Gasteiger partial charge in [0.2, 0.25) is 0 Å². The fraction of sp³-hybridized carbons (Fsp3) is 0.286. The van der Waals surface area contributed by atoms with Gasteiger partial charge in [0.1, 0.15) is 0 Å². The van der Waals surface area contributed by atoms with Crippen LogP contribution in [0.4, 0.5) is 5.82 Å². The second-order valence-electron chi connectivity index (χ2n) is 2.24. The molecule has 1 rings (SSSR count). The molecule has 0 radical (unpaired) electrons. The minimum atomic E-state index is 0.215. The van der Waals surface area contributed by atoms with Crippen molar-refractivity contribution in [1.29, 1.82) is 0 Å². The standard InChI is InChI=1S/C7H10N2O/c1-9(2)7-6(10)4-3-5-8-7/h3-5,10H,1-2H3. The van der Waals surface area contributed by atoms with Gasteiger partial charge in [-0.25, -0.2) is 4.98 Å². The Morgan fingerprint density at radius 1 is 1.50 bits per heavy atom. The van der Waals surface area contributed by atoms with Crippen molar-refractivity contribution in [2.24, 2.45) is 0 Å². The van der Waals surface area contributed by atoms with Gasteiger partial charge < -0.3 is 10.0 Å². The van der Waals surface area contributed by atoms with Crippen molar-refractivity contribution in [3.63, 3.8) is 0 Å². The molecule has 0 aliphatic heterocycles. The summed E-state index contributed by atoms with van der Waals surface area (Å²) in [6.45, 7) is 0. The molecule has 0 spiro atoms. The largest absolute Gasteiger partial charge is 0.504 e. The van der Waals surface area contributed by atoms with Gasteiger partial charge in [0, 0.05) is 20.3 Å². The topological polar surface area (TPSA) is 36.4 Å². The van der Waals surface area contributed by atoms with Gasteiger partial charge in [-0.2, -0.15) is 0 Å². The predicted octanol–water partition coefficient (Wildman–Crippen LogP) is 0.853. The molecule has 0 aliphatic carbocycles. The maximum atomic E-state index is 9.18. The molecule has 10 heavy (non-hydrogen) atoms. The first-order valence-electron chi connectivity index (χ1n) is 3.03. The molecule has 1 aromatic rings. The van der Waals surface area contributed by atoms with E-state index >= 15 is 0 Å². The van der Waals surface area contributed by atoms with Crippen LogP contribution < -0.4 is 4.90 Å². The Hall–Kier alpha value is -1.25. The number of rotatable bonds is 1. The van der Waals surface area contributed by atoms with E-state index in [0.29, 0.717) is 5.82 Å². The second-order valence-corrected chi connectivity index (χ2v) is 2.24. The van der Waals surface area contributed by atoms with Crippen molar-refractivity contribution >= 4 is 5.82 Å². The molecule has 3 nitrogen and oxygen atoms in total. The zero-order valence-electron chi connectivity index (χ0n) is 6.07. The molecule has 54 valence electrons. The Morgan fingerprint density at radius 3 is 2.60 bits per heavy atom. The van der Waals surface area contributed by atoms with E-state index in [0.717, 1.165) is 0 Å². The highest BCUT2D eigenvalue weighted by atomic mass is 16.3. The number of pyridine rings is 1. The molecular weight excluding hydrogens is 128 g/mol. The highest BCUT2D eigenvalue weighted by Gasteiger charge is 2.00. The van der Waals surface area contributed by atoms with E-state index in [1.165, 1.54) is 0 Å². The lowest BCUT2D eigenvalue weighted by molar-refractivity contribution is 0.473. The van der Waals surface area contributed by atoms with E-state index in [1.807, 2.05) is 14.1 Å². The first kappa shape index (κ1) is 6.86. The third kappa shape index (κ3) is 1.18. The molecule has 0 bridgehead atoms. The van der Waals surface area contributed by atoms with Crippen molar-refractivity contribution in [3.8, 4) is 5.75 Å². The molecule has 0 atom stereocenters. The number of hydrogen-bond acceptors (Lipinski definition) is 3. The van der Waals surface area contributed by atoms with Crippen LogP contribution in [-0.2, 0) is 0 Å². The van der Waals surface area contributed by atoms with Gasteiger partial charge >= 0.3 is 0 Å². The zero-order valence-corrected chi connectivity index (χ0v) is 6.07. The number of anilines is 1. The van der Waals surface area contributed by atoms with Gasteiger partial charge in [-0.1, -0.05) is 0 Å². The Labute approximate surface area is 59.9 Å². The van der Waals surface area contributed by atoms with E-state index in [4.69, 9.17) is 0 Å². The Kier molecular flexibility index (Phi) is 1.76. The number of nitrogens with zero attached hydrogens (tertiary/aromatic N) is 2. The quantitative estimate of drug-likeness (QED) is 0.625. The molecule has 0 amide bonds. The summed E-state index contributed by atoms with van der Waals surface area (Å²) in [5.74, 6) is 0.815. The fourth-order valence-corrected chi connectivity index (χ4v) is 0.733. The zero-order chi connectivity index (χ0) is 7.56. The van der Waals surface area contributed by atoms with E-state index in [-0.39, 0.29) is 5.75 Å². The molecule has 0 saturated carbocycles. The lowest BCUT2D eigenvalue weighted by Crippen LogP contribution is -2.10. The van der Waals surface area contributed by atoms with Crippen molar-refractivity contribution in [3.05, 3.63) is 18.3 Å². The van der Waals surface area contributed by atoms with E-state index < -0.39 is 0 Å². The molecule has 0 aliphatic rings. The third-order valence-corrected chi connectivity index (χ3v) is 1.19. The minimum Gasteiger partial charge on any atom is -0.504 e. The molecule has 3 heteroatoms. The Bertz CT molecular complexity index is 223. The molecule has 0 unspecified atom stereocenters. The Balaban J connectivity index is 3.03. The first-order chi connectivity index (χ1) is 4.72. The Morgan fingerprint density at radius 2 is 2.20 bits per heavy atom. The predicted molar refractivity (Wildman–Crippen MR) is 40.2 cm³/mol. The molecule has 0 fully saturated rings. The van der Waals surface area contributed by atoms with Crippen LogP contribution in [0.1, 0.15) is 0 Å². The summed E-state index contributed by atoms with van der Waals surface area (Å²) >= 11 is 0. The van der Waals surface area contributed by atoms with Crippen LogP contribution in [0.3, 0.4) is 0 Å². The molecule has 0 saturated heterocycles. The average Bonchev–Trinajstić information content (AvgIpc) is 1.88. The SMILES string of the molecule is CN(C)c1ncccc1O. The maximum Gasteiger partial charge on any atom is 0.170 e. The molecular formula is C7H10N2O. The van der Waals surface area contributed by atoms with E-state index in [9.17, 15) is 5.11 Å². The van der Waals surface area contributed by atoms with Crippen molar-refractivity contribution in [1.82, 2.24) is 4.98 Å². The first-order valence-corrected chi connectivity index (χ1v) is 3.03. The second kappa shape index (κ2) is 2.56. The molecule has 0 aromatic carbocycles. The van der Waals surface area contributed by atoms with Crippen molar-refractivity contribution in [2.45, 2.75) is 0 Å². The number of aromatic nitrogens is 1. The summed E-state index contributed by atoms with van der Waals surface area (Å²) in [4.78, 5) is 5.71. The molecule has 1 aromatic heterocycles. The van der Waals surface area contributed by atoms with Crippen LogP contribution in [0.2, 0.25) is 0 Å². The highest BCUT2D eigenvalue weighted by molar-refractivity contribution is 5.49. The summed E-state index contributed by atoms with van der Waals surface area (Å²) in [5, 5.41) is 9.18. The lowest BCUT2D eigenvalue weighted by atomic mass is 10.4.